The average molecular weight is 372 g/mol. The van der Waals surface area contributed by atoms with Gasteiger partial charge < -0.3 is 10.1 Å². The molecule has 0 unspecified atom stereocenters. The third-order valence-electron chi connectivity index (χ3n) is 4.51. The summed E-state index contributed by atoms with van der Waals surface area (Å²) in [4.78, 5) is 21.4. The standard InChI is InChI=1S/C22H20N4O2/c1-3-23-19-13-16(9-10-17(19)22(27)28-2)26-12-11-18-21(26)25-20(14-24-18)15-7-5-4-6-8-15/h4-14,23H,3H2,1-2H3. The highest BCUT2D eigenvalue weighted by Crippen LogP contribution is 2.25. The van der Waals surface area contributed by atoms with Crippen LogP contribution >= 0.6 is 0 Å². The number of carbonyl (C=O) groups excluding carboxylic acids is 1. The van der Waals surface area contributed by atoms with Crippen LogP contribution in [0, 0.1) is 0 Å². The Balaban J connectivity index is 1.82. The number of aromatic nitrogens is 3. The molecule has 0 amide bonds. The van der Waals surface area contributed by atoms with Crippen LogP contribution in [0.2, 0.25) is 0 Å². The van der Waals surface area contributed by atoms with Crippen molar-refractivity contribution in [3.05, 3.63) is 72.6 Å². The molecule has 2 heterocycles. The number of ether oxygens (including phenoxy) is 1. The zero-order valence-corrected chi connectivity index (χ0v) is 15.7. The summed E-state index contributed by atoms with van der Waals surface area (Å²) in [5, 5.41) is 3.23. The van der Waals surface area contributed by atoms with Crippen molar-refractivity contribution in [1.29, 1.82) is 0 Å². The van der Waals surface area contributed by atoms with Crippen molar-refractivity contribution >= 4 is 22.8 Å². The van der Waals surface area contributed by atoms with Crippen LogP contribution in [0.5, 0.6) is 0 Å². The van der Waals surface area contributed by atoms with E-state index in [1.165, 1.54) is 7.11 Å². The van der Waals surface area contributed by atoms with Gasteiger partial charge >= 0.3 is 5.97 Å². The van der Waals surface area contributed by atoms with Crippen molar-refractivity contribution in [2.45, 2.75) is 6.92 Å². The number of rotatable bonds is 5. The van der Waals surface area contributed by atoms with Gasteiger partial charge in [-0.25, -0.2) is 9.78 Å². The van der Waals surface area contributed by atoms with E-state index in [-0.39, 0.29) is 5.97 Å². The molecule has 0 aliphatic carbocycles. The number of fused-ring (bicyclic) bond motifs is 1. The number of methoxy groups -OCH3 is 1. The Labute approximate surface area is 162 Å². The molecule has 0 radical (unpaired) electrons. The van der Waals surface area contributed by atoms with Gasteiger partial charge in [-0.2, -0.15) is 0 Å². The Bertz CT molecular complexity index is 1140. The van der Waals surface area contributed by atoms with Crippen LogP contribution in [-0.2, 0) is 4.74 Å². The minimum absolute atomic E-state index is 0.369. The van der Waals surface area contributed by atoms with E-state index in [1.807, 2.05) is 66.2 Å². The Kier molecular flexibility index (Phi) is 4.76. The van der Waals surface area contributed by atoms with Crippen LogP contribution in [0.15, 0.2) is 67.0 Å². The normalized spacial score (nSPS) is 10.8. The minimum Gasteiger partial charge on any atom is -0.465 e. The summed E-state index contributed by atoms with van der Waals surface area (Å²) < 4.78 is 6.85. The molecule has 0 saturated carbocycles. The van der Waals surface area contributed by atoms with Crippen LogP contribution in [-0.4, -0.2) is 34.2 Å². The SMILES string of the molecule is CCNc1cc(-n2ccc3ncc(-c4ccccc4)nc32)ccc1C(=O)OC. The zero-order chi connectivity index (χ0) is 19.5. The zero-order valence-electron chi connectivity index (χ0n) is 15.7. The summed E-state index contributed by atoms with van der Waals surface area (Å²) in [6.45, 7) is 2.67. The molecule has 1 N–H and O–H groups in total. The number of hydrogen-bond donors (Lipinski definition) is 1. The molecule has 0 aliphatic rings. The van der Waals surface area contributed by atoms with E-state index in [9.17, 15) is 4.79 Å². The van der Waals surface area contributed by atoms with Gasteiger partial charge in [-0.05, 0) is 31.2 Å². The molecule has 4 rings (SSSR count). The molecule has 6 heteroatoms. The summed E-state index contributed by atoms with van der Waals surface area (Å²) in [6.07, 6.45) is 3.72. The largest absolute Gasteiger partial charge is 0.465 e. The predicted octanol–water partition coefficient (Wildman–Crippen LogP) is 4.31. The second-order valence-electron chi connectivity index (χ2n) is 6.27. The molecule has 0 aliphatic heterocycles. The van der Waals surface area contributed by atoms with Gasteiger partial charge in [0.15, 0.2) is 5.65 Å². The predicted molar refractivity (Wildman–Crippen MR) is 110 cm³/mol. The Morgan fingerprint density at radius 3 is 2.71 bits per heavy atom. The van der Waals surface area contributed by atoms with E-state index in [2.05, 4.69) is 10.3 Å². The fourth-order valence-corrected chi connectivity index (χ4v) is 3.16. The van der Waals surface area contributed by atoms with Crippen LogP contribution in [0.3, 0.4) is 0 Å². The first kappa shape index (κ1) is 17.7. The first-order chi connectivity index (χ1) is 13.7. The minimum atomic E-state index is -0.369. The number of nitrogens with one attached hydrogen (secondary N) is 1. The molecular weight excluding hydrogens is 352 g/mol. The van der Waals surface area contributed by atoms with Crippen LogP contribution in [0.4, 0.5) is 5.69 Å². The van der Waals surface area contributed by atoms with Gasteiger partial charge in [0, 0.05) is 24.0 Å². The Morgan fingerprint density at radius 1 is 1.14 bits per heavy atom. The highest BCUT2D eigenvalue weighted by atomic mass is 16.5. The fraction of sp³-hybridized carbons (Fsp3) is 0.136. The van der Waals surface area contributed by atoms with Crippen molar-refractivity contribution in [1.82, 2.24) is 14.5 Å². The molecule has 6 nitrogen and oxygen atoms in total. The molecule has 4 aromatic rings. The lowest BCUT2D eigenvalue weighted by Gasteiger charge is -2.13. The molecular formula is C22H20N4O2. The molecule has 0 spiro atoms. The van der Waals surface area contributed by atoms with E-state index in [1.54, 1.807) is 12.3 Å². The van der Waals surface area contributed by atoms with Crippen molar-refractivity contribution in [3.8, 4) is 16.9 Å². The van der Waals surface area contributed by atoms with Gasteiger partial charge in [-0.15, -0.1) is 0 Å². The van der Waals surface area contributed by atoms with Crippen molar-refractivity contribution in [2.24, 2.45) is 0 Å². The first-order valence-electron chi connectivity index (χ1n) is 9.07. The van der Waals surface area contributed by atoms with E-state index in [4.69, 9.17) is 9.72 Å². The van der Waals surface area contributed by atoms with E-state index in [0.29, 0.717) is 12.1 Å². The van der Waals surface area contributed by atoms with Crippen molar-refractivity contribution < 1.29 is 9.53 Å². The Morgan fingerprint density at radius 2 is 1.96 bits per heavy atom. The Hall–Kier alpha value is -3.67. The van der Waals surface area contributed by atoms with Gasteiger partial charge in [0.05, 0.1) is 30.3 Å². The van der Waals surface area contributed by atoms with Crippen molar-refractivity contribution in [2.75, 3.05) is 19.0 Å². The summed E-state index contributed by atoms with van der Waals surface area (Å²) in [7, 11) is 1.38. The maximum absolute atomic E-state index is 12.0. The molecule has 140 valence electrons. The fourth-order valence-electron chi connectivity index (χ4n) is 3.16. The van der Waals surface area contributed by atoms with Gasteiger partial charge in [0.2, 0.25) is 0 Å². The first-order valence-corrected chi connectivity index (χ1v) is 9.07. The van der Waals surface area contributed by atoms with Gasteiger partial charge in [0.25, 0.3) is 0 Å². The van der Waals surface area contributed by atoms with Gasteiger partial charge in [-0.1, -0.05) is 30.3 Å². The summed E-state index contributed by atoms with van der Waals surface area (Å²) >= 11 is 0. The summed E-state index contributed by atoms with van der Waals surface area (Å²) in [6, 6.07) is 17.5. The van der Waals surface area contributed by atoms with Crippen LogP contribution in [0.1, 0.15) is 17.3 Å². The maximum Gasteiger partial charge on any atom is 0.339 e. The molecule has 0 fully saturated rings. The number of benzene rings is 2. The third-order valence-corrected chi connectivity index (χ3v) is 4.51. The second-order valence-corrected chi connectivity index (χ2v) is 6.27. The number of esters is 1. The third kappa shape index (κ3) is 3.20. The molecule has 0 atom stereocenters. The number of hydrogen-bond acceptors (Lipinski definition) is 5. The highest BCUT2D eigenvalue weighted by molar-refractivity contribution is 5.96. The lowest BCUT2D eigenvalue weighted by Crippen LogP contribution is -2.09. The van der Waals surface area contributed by atoms with Gasteiger partial charge in [0.1, 0.15) is 5.52 Å². The lowest BCUT2D eigenvalue weighted by atomic mass is 10.1. The van der Waals surface area contributed by atoms with E-state index < -0.39 is 0 Å². The van der Waals surface area contributed by atoms with E-state index in [0.717, 1.165) is 33.8 Å². The quantitative estimate of drug-likeness (QED) is 0.529. The van der Waals surface area contributed by atoms with Crippen LogP contribution < -0.4 is 5.32 Å². The molecule has 0 saturated heterocycles. The molecule has 2 aromatic carbocycles. The van der Waals surface area contributed by atoms with Crippen molar-refractivity contribution in [3.63, 3.8) is 0 Å². The molecule has 0 bridgehead atoms. The lowest BCUT2D eigenvalue weighted by molar-refractivity contribution is 0.0602. The molecule has 28 heavy (non-hydrogen) atoms. The van der Waals surface area contributed by atoms with Crippen LogP contribution in [0.25, 0.3) is 28.1 Å². The molecule has 2 aromatic heterocycles. The smallest absolute Gasteiger partial charge is 0.339 e. The topological polar surface area (TPSA) is 69.0 Å². The van der Waals surface area contributed by atoms with Gasteiger partial charge in [-0.3, -0.25) is 9.55 Å². The monoisotopic (exact) mass is 372 g/mol. The number of carbonyl (C=O) groups is 1. The van der Waals surface area contributed by atoms with E-state index >= 15 is 0 Å². The second kappa shape index (κ2) is 7.52. The maximum atomic E-state index is 12.0. The highest BCUT2D eigenvalue weighted by Gasteiger charge is 2.14. The summed E-state index contributed by atoms with van der Waals surface area (Å²) in [5.41, 5.74) is 5.50. The number of anilines is 1. The average Bonchev–Trinajstić information content (AvgIpc) is 3.17. The summed E-state index contributed by atoms with van der Waals surface area (Å²) in [5.74, 6) is -0.369. The number of nitrogens with zero attached hydrogens (tertiary/aromatic N) is 3.